The predicted octanol–water partition coefficient (Wildman–Crippen LogP) is 3.68. The quantitative estimate of drug-likeness (QED) is 0.895. The van der Waals surface area contributed by atoms with Gasteiger partial charge in [-0.2, -0.15) is 13.2 Å². The van der Waals surface area contributed by atoms with Gasteiger partial charge in [-0.05, 0) is 22.0 Å². The summed E-state index contributed by atoms with van der Waals surface area (Å²) in [5, 5.41) is 10.4. The average Bonchev–Trinajstić information content (AvgIpc) is 2.74. The van der Waals surface area contributed by atoms with Crippen molar-refractivity contribution < 1.29 is 23.1 Å². The number of carbonyl (C=O) groups is 1. The minimum absolute atomic E-state index is 0.159. The second-order valence-corrected chi connectivity index (χ2v) is 5.21. The lowest BCUT2D eigenvalue weighted by molar-refractivity contribution is -0.141. The number of halogens is 4. The lowest BCUT2D eigenvalue weighted by Gasteiger charge is -2.09. The first kappa shape index (κ1) is 13.9. The molecule has 0 atom stereocenters. The van der Waals surface area contributed by atoms with Crippen LogP contribution in [0.15, 0.2) is 22.1 Å². The van der Waals surface area contributed by atoms with Gasteiger partial charge in [0.1, 0.15) is 5.56 Å². The number of carboxylic acids is 1. The SMILES string of the molecule is O=C(O)c1cnc(-c2cc(Br)cs2)nc1C(F)(F)F. The standard InChI is InChI=1S/C10H4BrF3N2O2S/c11-4-1-6(19-3-4)8-15-2-5(9(17)18)7(16-8)10(12,13)14/h1-3H,(H,17,18). The van der Waals surface area contributed by atoms with Crippen LogP contribution in [0.4, 0.5) is 13.2 Å². The maximum Gasteiger partial charge on any atom is 0.434 e. The lowest BCUT2D eigenvalue weighted by Crippen LogP contribution is -2.16. The van der Waals surface area contributed by atoms with Gasteiger partial charge < -0.3 is 5.11 Å². The average molecular weight is 353 g/mol. The summed E-state index contributed by atoms with van der Waals surface area (Å²) in [5.74, 6) is -1.88. The normalized spacial score (nSPS) is 11.6. The number of aromatic carboxylic acids is 1. The van der Waals surface area contributed by atoms with Crippen molar-refractivity contribution in [3.05, 3.63) is 33.4 Å². The molecule has 0 unspecified atom stereocenters. The van der Waals surface area contributed by atoms with Crippen LogP contribution in [0.3, 0.4) is 0 Å². The maximum atomic E-state index is 12.8. The molecule has 100 valence electrons. The second-order valence-electron chi connectivity index (χ2n) is 3.39. The van der Waals surface area contributed by atoms with Gasteiger partial charge >= 0.3 is 12.1 Å². The van der Waals surface area contributed by atoms with E-state index in [0.717, 1.165) is 11.3 Å². The topological polar surface area (TPSA) is 63.1 Å². The molecule has 0 aliphatic carbocycles. The molecule has 0 amide bonds. The Labute approximate surface area is 117 Å². The summed E-state index contributed by atoms with van der Waals surface area (Å²) in [5.41, 5.74) is -2.42. The van der Waals surface area contributed by atoms with Crippen LogP contribution in [0.5, 0.6) is 0 Å². The van der Waals surface area contributed by atoms with Crippen molar-refractivity contribution >= 4 is 33.2 Å². The van der Waals surface area contributed by atoms with Crippen LogP contribution >= 0.6 is 27.3 Å². The number of hydrogen-bond acceptors (Lipinski definition) is 4. The smallest absolute Gasteiger partial charge is 0.434 e. The molecule has 19 heavy (non-hydrogen) atoms. The highest BCUT2D eigenvalue weighted by atomic mass is 79.9. The number of thiophene rings is 1. The molecule has 0 aromatic carbocycles. The molecular weight excluding hydrogens is 349 g/mol. The van der Waals surface area contributed by atoms with Crippen LogP contribution < -0.4 is 0 Å². The van der Waals surface area contributed by atoms with Crippen LogP contribution in [0.25, 0.3) is 10.7 Å². The van der Waals surface area contributed by atoms with Crippen molar-refractivity contribution in [1.82, 2.24) is 9.97 Å². The van der Waals surface area contributed by atoms with E-state index < -0.39 is 23.4 Å². The molecule has 2 aromatic rings. The molecule has 1 N–H and O–H groups in total. The van der Waals surface area contributed by atoms with E-state index in [9.17, 15) is 18.0 Å². The summed E-state index contributed by atoms with van der Waals surface area (Å²) in [6.07, 6.45) is -4.18. The largest absolute Gasteiger partial charge is 0.478 e. The molecule has 0 aliphatic rings. The number of aromatic nitrogens is 2. The minimum Gasteiger partial charge on any atom is -0.478 e. The van der Waals surface area contributed by atoms with Gasteiger partial charge in [0.15, 0.2) is 11.5 Å². The third-order valence-electron chi connectivity index (χ3n) is 2.08. The van der Waals surface area contributed by atoms with E-state index in [0.29, 0.717) is 15.5 Å². The van der Waals surface area contributed by atoms with E-state index in [1.54, 1.807) is 11.4 Å². The summed E-state index contributed by atoms with van der Waals surface area (Å²) < 4.78 is 38.9. The fourth-order valence-electron chi connectivity index (χ4n) is 1.30. The van der Waals surface area contributed by atoms with E-state index in [2.05, 4.69) is 25.9 Å². The molecule has 2 rings (SSSR count). The Bertz CT molecular complexity index is 642. The minimum atomic E-state index is -4.85. The van der Waals surface area contributed by atoms with Gasteiger partial charge in [0.25, 0.3) is 0 Å². The number of nitrogens with zero attached hydrogens (tertiary/aromatic N) is 2. The summed E-state index contributed by atoms with van der Waals surface area (Å²) in [4.78, 5) is 18.1. The first-order valence-corrected chi connectivity index (χ1v) is 6.38. The fourth-order valence-corrected chi connectivity index (χ4v) is 2.67. The highest BCUT2D eigenvalue weighted by molar-refractivity contribution is 9.10. The molecule has 0 spiro atoms. The number of hydrogen-bond donors (Lipinski definition) is 1. The first-order valence-electron chi connectivity index (χ1n) is 4.71. The van der Waals surface area contributed by atoms with E-state index in [1.165, 1.54) is 0 Å². The summed E-state index contributed by atoms with van der Waals surface area (Å²) in [6.45, 7) is 0. The first-order chi connectivity index (χ1) is 8.79. The zero-order valence-corrected chi connectivity index (χ0v) is 11.3. The van der Waals surface area contributed by atoms with Gasteiger partial charge in [0.05, 0.1) is 4.88 Å². The van der Waals surface area contributed by atoms with Crippen LogP contribution in [-0.4, -0.2) is 21.0 Å². The maximum absolute atomic E-state index is 12.8. The number of rotatable bonds is 2. The van der Waals surface area contributed by atoms with Gasteiger partial charge in [-0.25, -0.2) is 14.8 Å². The van der Waals surface area contributed by atoms with Crippen LogP contribution in [0.1, 0.15) is 16.1 Å². The number of carboxylic acid groups (broad SMARTS) is 1. The Kier molecular flexibility index (Phi) is 3.59. The van der Waals surface area contributed by atoms with E-state index in [4.69, 9.17) is 5.11 Å². The molecule has 0 saturated heterocycles. The molecule has 0 saturated carbocycles. The molecule has 0 radical (unpaired) electrons. The van der Waals surface area contributed by atoms with Gasteiger partial charge in [-0.3, -0.25) is 0 Å². The van der Waals surface area contributed by atoms with E-state index in [-0.39, 0.29) is 5.82 Å². The Hall–Kier alpha value is -1.48. The van der Waals surface area contributed by atoms with Crippen LogP contribution in [0, 0.1) is 0 Å². The number of alkyl halides is 3. The molecule has 2 heterocycles. The van der Waals surface area contributed by atoms with E-state index >= 15 is 0 Å². The molecular formula is C10H4BrF3N2O2S. The molecule has 0 fully saturated rings. The predicted molar refractivity (Wildman–Crippen MR) is 65.0 cm³/mol. The fraction of sp³-hybridized carbons (Fsp3) is 0.100. The second kappa shape index (κ2) is 4.89. The molecule has 0 aliphatic heterocycles. The molecule has 4 nitrogen and oxygen atoms in total. The Morgan fingerprint density at radius 2 is 2.11 bits per heavy atom. The van der Waals surface area contributed by atoms with Crippen molar-refractivity contribution in [1.29, 1.82) is 0 Å². The molecule has 9 heteroatoms. The van der Waals surface area contributed by atoms with Crippen molar-refractivity contribution in [2.75, 3.05) is 0 Å². The van der Waals surface area contributed by atoms with Crippen molar-refractivity contribution in [3.8, 4) is 10.7 Å². The zero-order chi connectivity index (χ0) is 14.2. The monoisotopic (exact) mass is 352 g/mol. The van der Waals surface area contributed by atoms with Crippen molar-refractivity contribution in [3.63, 3.8) is 0 Å². The Balaban J connectivity index is 2.59. The Morgan fingerprint density at radius 1 is 1.42 bits per heavy atom. The molecule has 2 aromatic heterocycles. The summed E-state index contributed by atoms with van der Waals surface area (Å²) >= 11 is 4.31. The lowest BCUT2D eigenvalue weighted by atomic mass is 10.2. The zero-order valence-electron chi connectivity index (χ0n) is 8.90. The van der Waals surface area contributed by atoms with Gasteiger partial charge in [0.2, 0.25) is 0 Å². The van der Waals surface area contributed by atoms with Gasteiger partial charge in [-0.1, -0.05) is 0 Å². The van der Waals surface area contributed by atoms with Crippen molar-refractivity contribution in [2.45, 2.75) is 6.18 Å². The van der Waals surface area contributed by atoms with Crippen molar-refractivity contribution in [2.24, 2.45) is 0 Å². The summed E-state index contributed by atoms with van der Waals surface area (Å²) in [7, 11) is 0. The van der Waals surface area contributed by atoms with E-state index in [1.807, 2.05) is 0 Å². The summed E-state index contributed by atoms with van der Waals surface area (Å²) in [6, 6.07) is 1.56. The Morgan fingerprint density at radius 3 is 2.58 bits per heavy atom. The molecule has 0 bridgehead atoms. The van der Waals surface area contributed by atoms with Gasteiger partial charge in [0, 0.05) is 16.0 Å². The highest BCUT2D eigenvalue weighted by Crippen LogP contribution is 2.33. The van der Waals surface area contributed by atoms with Crippen LogP contribution in [-0.2, 0) is 6.18 Å². The van der Waals surface area contributed by atoms with Gasteiger partial charge in [-0.15, -0.1) is 11.3 Å². The highest BCUT2D eigenvalue weighted by Gasteiger charge is 2.38. The third-order valence-corrected chi connectivity index (χ3v) is 3.76. The van der Waals surface area contributed by atoms with Crippen LogP contribution in [0.2, 0.25) is 0 Å². The third kappa shape index (κ3) is 2.92.